The monoisotopic (exact) mass is 639 g/mol. The fourth-order valence-corrected chi connectivity index (χ4v) is 6.02. The van der Waals surface area contributed by atoms with E-state index in [1.165, 1.54) is 19.1 Å². The molecule has 1 fully saturated rings. The molecule has 0 atom stereocenters. The maximum absolute atomic E-state index is 14.5. The number of likely N-dealkylation sites (tertiary alicyclic amines) is 1. The number of hydrogen-bond acceptors (Lipinski definition) is 8. The quantitative estimate of drug-likeness (QED) is 0.302. The van der Waals surface area contributed by atoms with Crippen LogP contribution >= 0.6 is 23.2 Å². The Balaban J connectivity index is 1.50. The molecule has 0 spiro atoms. The second-order valence-electron chi connectivity index (χ2n) is 10.8. The summed E-state index contributed by atoms with van der Waals surface area (Å²) in [6.07, 6.45) is 6.28. The van der Waals surface area contributed by atoms with E-state index in [-0.39, 0.29) is 40.3 Å². The van der Waals surface area contributed by atoms with E-state index in [4.69, 9.17) is 37.7 Å². The van der Waals surface area contributed by atoms with Gasteiger partial charge in [0.15, 0.2) is 0 Å². The van der Waals surface area contributed by atoms with Gasteiger partial charge in [-0.05, 0) is 39.1 Å². The first-order chi connectivity index (χ1) is 21.2. The predicted molar refractivity (Wildman–Crippen MR) is 173 cm³/mol. The van der Waals surface area contributed by atoms with Crippen LogP contribution in [0.3, 0.4) is 0 Å². The summed E-state index contributed by atoms with van der Waals surface area (Å²) < 4.78 is 10.9. The van der Waals surface area contributed by atoms with Gasteiger partial charge in [0.25, 0.3) is 0 Å². The molecule has 232 valence electrons. The average molecular weight is 641 g/mol. The Labute approximate surface area is 267 Å². The third-order valence-electron chi connectivity index (χ3n) is 7.56. The number of amides is 3. The van der Waals surface area contributed by atoms with Crippen LogP contribution in [0, 0.1) is 0 Å². The molecule has 0 aliphatic carbocycles. The van der Waals surface area contributed by atoms with E-state index in [2.05, 4.69) is 10.3 Å². The number of carbonyl (C=O) groups is 2. The molecule has 3 amide bonds. The summed E-state index contributed by atoms with van der Waals surface area (Å²) in [4.78, 5) is 43.6. The minimum Gasteiger partial charge on any atom is -0.495 e. The number of rotatable bonds is 9. The van der Waals surface area contributed by atoms with Crippen molar-refractivity contribution in [1.82, 2.24) is 19.8 Å². The van der Waals surface area contributed by atoms with Crippen molar-refractivity contribution in [2.24, 2.45) is 0 Å². The molecule has 0 saturated carbocycles. The van der Waals surface area contributed by atoms with Crippen LogP contribution in [-0.2, 0) is 11.3 Å². The minimum atomic E-state index is -0.350. The highest BCUT2D eigenvalue weighted by Gasteiger charge is 2.41. The summed E-state index contributed by atoms with van der Waals surface area (Å²) in [5, 5.41) is 3.59. The van der Waals surface area contributed by atoms with E-state index in [0.717, 1.165) is 5.69 Å². The normalized spacial score (nSPS) is 15.6. The molecule has 5 rings (SSSR count). The number of fused-ring (bicyclic) bond motifs is 1. The van der Waals surface area contributed by atoms with Crippen molar-refractivity contribution >= 4 is 58.3 Å². The zero-order valence-corrected chi connectivity index (χ0v) is 26.6. The summed E-state index contributed by atoms with van der Waals surface area (Å²) in [7, 11) is 6.86. The van der Waals surface area contributed by atoms with Crippen molar-refractivity contribution in [3.05, 3.63) is 70.4 Å². The van der Waals surface area contributed by atoms with E-state index in [0.29, 0.717) is 61.3 Å². The molecular weight excluding hydrogens is 605 g/mol. The molecule has 44 heavy (non-hydrogen) atoms. The van der Waals surface area contributed by atoms with Crippen LogP contribution in [0.15, 0.2) is 54.7 Å². The molecule has 3 heterocycles. The Morgan fingerprint density at radius 3 is 2.36 bits per heavy atom. The molecule has 1 N–H and O–H groups in total. The number of nitrogens with one attached hydrogen (secondary N) is 1. The number of ether oxygens (including phenoxy) is 2. The summed E-state index contributed by atoms with van der Waals surface area (Å²) in [6.45, 7) is 1.78. The maximum atomic E-state index is 14.5. The van der Waals surface area contributed by atoms with E-state index < -0.39 is 0 Å². The van der Waals surface area contributed by atoms with Crippen molar-refractivity contribution in [3.8, 4) is 11.5 Å². The van der Waals surface area contributed by atoms with Gasteiger partial charge in [0.1, 0.15) is 27.4 Å². The second kappa shape index (κ2) is 13.7. The highest BCUT2D eigenvalue weighted by molar-refractivity contribution is 6.42. The zero-order chi connectivity index (χ0) is 31.4. The van der Waals surface area contributed by atoms with Crippen molar-refractivity contribution < 1.29 is 19.1 Å². The number of anilines is 4. The molecule has 3 aromatic rings. The second-order valence-corrected chi connectivity index (χ2v) is 11.5. The van der Waals surface area contributed by atoms with E-state index in [1.807, 2.05) is 55.4 Å². The van der Waals surface area contributed by atoms with Crippen molar-refractivity contribution in [3.63, 3.8) is 0 Å². The highest BCUT2D eigenvalue weighted by atomic mass is 35.5. The molecule has 1 aromatic heterocycles. The van der Waals surface area contributed by atoms with Gasteiger partial charge in [-0.25, -0.2) is 9.78 Å². The van der Waals surface area contributed by atoms with Crippen molar-refractivity contribution in [1.29, 1.82) is 0 Å². The zero-order valence-electron chi connectivity index (χ0n) is 25.1. The Kier molecular flexibility index (Phi) is 9.77. The van der Waals surface area contributed by atoms with Gasteiger partial charge in [-0.3, -0.25) is 14.6 Å². The number of piperidine rings is 1. The molecule has 2 aliphatic rings. The molecular formula is C31H35Cl2N7O4. The van der Waals surface area contributed by atoms with E-state index >= 15 is 0 Å². The molecule has 0 unspecified atom stereocenters. The fraction of sp³-hybridized carbons (Fsp3) is 0.355. The maximum Gasteiger partial charge on any atom is 0.330 e. The first-order valence-corrected chi connectivity index (χ1v) is 15.0. The Morgan fingerprint density at radius 1 is 1.09 bits per heavy atom. The van der Waals surface area contributed by atoms with Crippen LogP contribution in [0.1, 0.15) is 18.4 Å². The van der Waals surface area contributed by atoms with E-state index in [9.17, 15) is 9.59 Å². The number of methoxy groups -OCH3 is 2. The number of carbonyl (C=O) groups excluding carboxylic acids is 2. The number of para-hydroxylation sites is 1. The lowest BCUT2D eigenvalue weighted by Crippen LogP contribution is -2.55. The summed E-state index contributed by atoms with van der Waals surface area (Å²) in [6, 6.07) is 10.6. The lowest BCUT2D eigenvalue weighted by atomic mass is 10.0. The van der Waals surface area contributed by atoms with Crippen LogP contribution in [0.2, 0.25) is 10.0 Å². The summed E-state index contributed by atoms with van der Waals surface area (Å²) in [5.74, 6) is 1.45. The number of benzene rings is 2. The van der Waals surface area contributed by atoms with Gasteiger partial charge in [0.2, 0.25) is 11.9 Å². The molecule has 0 bridgehead atoms. The van der Waals surface area contributed by atoms with Gasteiger partial charge >= 0.3 is 6.03 Å². The first-order valence-electron chi connectivity index (χ1n) is 14.2. The van der Waals surface area contributed by atoms with Crippen molar-refractivity contribution in [2.75, 3.05) is 63.1 Å². The fourth-order valence-electron chi connectivity index (χ4n) is 5.31. The Hall–Kier alpha value is -4.06. The van der Waals surface area contributed by atoms with Gasteiger partial charge in [-0.1, -0.05) is 47.5 Å². The Morgan fingerprint density at radius 2 is 1.75 bits per heavy atom. The number of nitrogens with zero attached hydrogens (tertiary/aromatic N) is 6. The number of hydrogen-bond donors (Lipinski definition) is 1. The average Bonchev–Trinajstić information content (AvgIpc) is 3.02. The smallest absolute Gasteiger partial charge is 0.330 e. The molecule has 1 saturated heterocycles. The third-order valence-corrected chi connectivity index (χ3v) is 8.29. The predicted octanol–water partition coefficient (Wildman–Crippen LogP) is 5.60. The molecule has 0 radical (unpaired) electrons. The van der Waals surface area contributed by atoms with Crippen LogP contribution < -0.4 is 24.6 Å². The minimum absolute atomic E-state index is 0.0454. The third kappa shape index (κ3) is 6.54. The van der Waals surface area contributed by atoms with Crippen molar-refractivity contribution in [2.45, 2.75) is 25.4 Å². The van der Waals surface area contributed by atoms with Crippen LogP contribution in [0.4, 0.5) is 27.9 Å². The van der Waals surface area contributed by atoms with Crippen LogP contribution in [0.25, 0.3) is 0 Å². The topological polar surface area (TPSA) is 103 Å². The van der Waals surface area contributed by atoms with Gasteiger partial charge in [0.05, 0.1) is 26.5 Å². The van der Waals surface area contributed by atoms with Gasteiger partial charge in [-0.15, -0.1) is 0 Å². The van der Waals surface area contributed by atoms with Gasteiger partial charge in [0, 0.05) is 55.3 Å². The molecule has 2 aromatic carbocycles. The molecule has 11 nitrogen and oxygen atoms in total. The lowest BCUT2D eigenvalue weighted by Gasteiger charge is -2.43. The number of likely N-dealkylation sites (N-methyl/N-ethyl adjacent to an activating group) is 1. The largest absolute Gasteiger partial charge is 0.495 e. The summed E-state index contributed by atoms with van der Waals surface area (Å²) >= 11 is 13.5. The summed E-state index contributed by atoms with van der Waals surface area (Å²) in [5.41, 5.74) is 1.80. The number of aromatic nitrogens is 2. The lowest BCUT2D eigenvalue weighted by molar-refractivity contribution is -0.127. The number of urea groups is 1. The highest BCUT2D eigenvalue weighted by Crippen LogP contribution is 2.48. The van der Waals surface area contributed by atoms with E-state index in [1.54, 1.807) is 28.1 Å². The SMILES string of the molecule is COc1cc(OC)c(Cl)c(N2Cc3cnc(Nc4ccccc4)nc3N(C3CCN(C(=O)C=CCN(C)C)CC3)C2=O)c1Cl. The Bertz CT molecular complexity index is 1520. The van der Waals surface area contributed by atoms with Gasteiger partial charge < -0.3 is 24.6 Å². The molecule has 2 aliphatic heterocycles. The molecule has 13 heteroatoms. The number of halogens is 2. The van der Waals surface area contributed by atoms with Crippen LogP contribution in [-0.4, -0.2) is 85.7 Å². The first kappa shape index (κ1) is 31.4. The van der Waals surface area contributed by atoms with Crippen LogP contribution in [0.5, 0.6) is 11.5 Å². The standard InChI is InChI=1S/C31H35Cl2N7O4/c1-37(2)14-8-11-25(41)38-15-12-22(13-16-38)40-29-20(18-34-30(36-29)35-21-9-6-5-7-10-21)19-39(31(40)42)28-26(32)23(43-3)17-24(44-4)27(28)33/h5-11,17-18,22H,12-16,19H2,1-4H3,(H,34,35,36). The van der Waals surface area contributed by atoms with Gasteiger partial charge in [-0.2, -0.15) is 4.98 Å².